The van der Waals surface area contributed by atoms with Gasteiger partial charge in [0.2, 0.25) is 0 Å². The van der Waals surface area contributed by atoms with Crippen molar-refractivity contribution in [3.05, 3.63) is 105 Å². The number of nitriles is 1. The summed E-state index contributed by atoms with van der Waals surface area (Å²) in [6, 6.07) is 30.4. The van der Waals surface area contributed by atoms with Crippen LogP contribution in [0.4, 0.5) is 0 Å². The molecule has 2 fully saturated rings. The second kappa shape index (κ2) is 13.6. The summed E-state index contributed by atoms with van der Waals surface area (Å²) in [4.78, 5) is 0. The normalized spacial score (nSPS) is 28.4. The summed E-state index contributed by atoms with van der Waals surface area (Å²) >= 11 is 3.96. The number of fused-ring (bicyclic) bond motifs is 1. The van der Waals surface area contributed by atoms with Gasteiger partial charge in [-0.2, -0.15) is 5.26 Å². The van der Waals surface area contributed by atoms with Crippen LogP contribution in [0.25, 0.3) is 0 Å². The van der Waals surface area contributed by atoms with E-state index in [0.717, 1.165) is 26.0 Å². The standard InChI is InChI=1S/C31H32INO5S/c1-2-39-30-29(35-19-23-13-7-4-8-14-23)28(34-18-22-11-5-3-6-12-22)27-26(37-30)20-36-31(21-33,38-27)17-24-15-9-10-16-25(24)32/h3-16,26-30H,2,17-20H2,1H3/t26-,27-,28+,29+,30-,31?/m1/s1. The maximum atomic E-state index is 10.3. The number of hydrogen-bond acceptors (Lipinski definition) is 7. The predicted octanol–water partition coefficient (Wildman–Crippen LogP) is 6.12. The maximum Gasteiger partial charge on any atom is 0.264 e. The Hall–Kier alpha value is -1.97. The van der Waals surface area contributed by atoms with Crippen molar-refractivity contribution in [1.82, 2.24) is 0 Å². The molecule has 0 spiro atoms. The number of ether oxygens (including phenoxy) is 5. The lowest BCUT2D eigenvalue weighted by Crippen LogP contribution is -2.66. The number of thioether (sulfide) groups is 1. The Balaban J connectivity index is 1.43. The van der Waals surface area contributed by atoms with Crippen LogP contribution in [0.5, 0.6) is 0 Å². The third-order valence-corrected chi connectivity index (χ3v) is 8.94. The van der Waals surface area contributed by atoms with Crippen LogP contribution in [-0.2, 0) is 43.3 Å². The maximum absolute atomic E-state index is 10.3. The second-order valence-corrected chi connectivity index (χ2v) is 12.1. The highest BCUT2D eigenvalue weighted by Gasteiger charge is 2.55. The fourth-order valence-corrected chi connectivity index (χ4v) is 6.46. The first-order valence-electron chi connectivity index (χ1n) is 13.2. The summed E-state index contributed by atoms with van der Waals surface area (Å²) in [6.45, 7) is 3.15. The Kier molecular flexibility index (Phi) is 9.95. The minimum Gasteiger partial charge on any atom is -0.368 e. The fraction of sp³-hybridized carbons (Fsp3) is 0.387. The van der Waals surface area contributed by atoms with Crippen LogP contribution in [0, 0.1) is 14.9 Å². The molecule has 3 aromatic carbocycles. The van der Waals surface area contributed by atoms with E-state index in [1.807, 2.05) is 84.9 Å². The fourth-order valence-electron chi connectivity index (χ4n) is 4.91. The first-order chi connectivity index (χ1) is 19.1. The molecule has 6 atom stereocenters. The van der Waals surface area contributed by atoms with Gasteiger partial charge in [0.25, 0.3) is 5.79 Å². The second-order valence-electron chi connectivity index (χ2n) is 9.55. The van der Waals surface area contributed by atoms with Crippen LogP contribution in [0.15, 0.2) is 84.9 Å². The summed E-state index contributed by atoms with van der Waals surface area (Å²) < 4.78 is 33.4. The van der Waals surface area contributed by atoms with Gasteiger partial charge in [-0.3, -0.25) is 0 Å². The van der Waals surface area contributed by atoms with Crippen molar-refractivity contribution < 1.29 is 23.7 Å². The van der Waals surface area contributed by atoms with Gasteiger partial charge in [0.05, 0.1) is 19.8 Å². The molecule has 5 rings (SSSR count). The summed E-state index contributed by atoms with van der Waals surface area (Å²) in [5, 5.41) is 10.3. The van der Waals surface area contributed by atoms with E-state index in [-0.39, 0.29) is 18.1 Å². The molecule has 0 aromatic heterocycles. The van der Waals surface area contributed by atoms with Crippen LogP contribution in [0.2, 0.25) is 0 Å². The lowest BCUT2D eigenvalue weighted by atomic mass is 9.96. The lowest BCUT2D eigenvalue weighted by Gasteiger charge is -2.50. The Bertz CT molecular complexity index is 1240. The molecule has 6 nitrogen and oxygen atoms in total. The Labute approximate surface area is 248 Å². The third kappa shape index (κ3) is 7.03. The molecular formula is C31H32INO5S. The molecule has 39 heavy (non-hydrogen) atoms. The zero-order valence-corrected chi connectivity index (χ0v) is 24.8. The smallest absolute Gasteiger partial charge is 0.264 e. The van der Waals surface area contributed by atoms with Crippen LogP contribution in [0.3, 0.4) is 0 Å². The molecule has 0 aliphatic carbocycles. The molecule has 0 radical (unpaired) electrons. The van der Waals surface area contributed by atoms with E-state index in [4.69, 9.17) is 23.7 Å². The average molecular weight is 658 g/mol. The van der Waals surface area contributed by atoms with Gasteiger partial charge in [0, 0.05) is 9.99 Å². The van der Waals surface area contributed by atoms with E-state index in [1.54, 1.807) is 11.8 Å². The summed E-state index contributed by atoms with van der Waals surface area (Å²) in [7, 11) is 0. The van der Waals surface area contributed by atoms with Gasteiger partial charge in [0.15, 0.2) is 0 Å². The molecule has 0 bridgehead atoms. The van der Waals surface area contributed by atoms with E-state index >= 15 is 0 Å². The average Bonchev–Trinajstić information content (AvgIpc) is 2.98. The zero-order chi connectivity index (χ0) is 27.1. The minimum absolute atomic E-state index is 0.235. The molecule has 0 saturated carbocycles. The summed E-state index contributed by atoms with van der Waals surface area (Å²) in [5.41, 5.74) is 2.85. The van der Waals surface area contributed by atoms with Crippen LogP contribution in [-0.4, -0.2) is 48.0 Å². The van der Waals surface area contributed by atoms with Gasteiger partial charge in [-0.05, 0) is 51.1 Å². The van der Waals surface area contributed by atoms with Gasteiger partial charge in [-0.15, -0.1) is 11.8 Å². The monoisotopic (exact) mass is 657 g/mol. The van der Waals surface area contributed by atoms with Crippen LogP contribution < -0.4 is 0 Å². The highest BCUT2D eigenvalue weighted by Crippen LogP contribution is 2.40. The molecule has 204 valence electrons. The van der Waals surface area contributed by atoms with Gasteiger partial charge < -0.3 is 23.7 Å². The largest absolute Gasteiger partial charge is 0.368 e. The number of nitrogens with zero attached hydrogens (tertiary/aromatic N) is 1. The van der Waals surface area contributed by atoms with Crippen LogP contribution >= 0.6 is 34.4 Å². The van der Waals surface area contributed by atoms with E-state index in [2.05, 4.69) is 35.6 Å². The molecule has 3 aromatic rings. The third-order valence-electron chi connectivity index (χ3n) is 6.85. The number of rotatable bonds is 10. The zero-order valence-electron chi connectivity index (χ0n) is 21.8. The van der Waals surface area contributed by atoms with Crippen molar-refractivity contribution in [2.24, 2.45) is 0 Å². The first kappa shape index (κ1) is 28.6. The van der Waals surface area contributed by atoms with E-state index in [9.17, 15) is 5.26 Å². The number of halogens is 1. The van der Waals surface area contributed by atoms with Gasteiger partial charge >= 0.3 is 0 Å². The molecule has 2 aliphatic heterocycles. The quantitative estimate of drug-likeness (QED) is 0.244. The number of benzene rings is 3. The lowest BCUT2D eigenvalue weighted by molar-refractivity contribution is -0.350. The number of hydrogen-bond donors (Lipinski definition) is 0. The van der Waals surface area contributed by atoms with E-state index in [0.29, 0.717) is 19.6 Å². The van der Waals surface area contributed by atoms with Crippen molar-refractivity contribution >= 4 is 34.4 Å². The summed E-state index contributed by atoms with van der Waals surface area (Å²) in [5.74, 6) is -0.593. The molecule has 2 saturated heterocycles. The van der Waals surface area contributed by atoms with Gasteiger partial charge in [-0.1, -0.05) is 85.8 Å². The Morgan fingerprint density at radius 3 is 2.15 bits per heavy atom. The van der Waals surface area contributed by atoms with E-state index < -0.39 is 24.1 Å². The highest BCUT2D eigenvalue weighted by atomic mass is 127. The summed E-state index contributed by atoms with van der Waals surface area (Å²) in [6.07, 6.45) is -1.50. The van der Waals surface area contributed by atoms with Crippen molar-refractivity contribution in [2.45, 2.75) is 62.2 Å². The molecule has 8 heteroatoms. The van der Waals surface area contributed by atoms with E-state index in [1.165, 1.54) is 0 Å². The SMILES string of the molecule is CCS[C@H]1O[C@@H]2COC(C#N)(Cc3ccccc3I)O[C@H]2[C@H](OCc2ccccc2)[C@@H]1OCc1ccccc1. The van der Waals surface area contributed by atoms with Crippen LogP contribution in [0.1, 0.15) is 23.6 Å². The molecule has 2 aliphatic rings. The molecule has 0 N–H and O–H groups in total. The van der Waals surface area contributed by atoms with Gasteiger partial charge in [-0.25, -0.2) is 0 Å². The predicted molar refractivity (Wildman–Crippen MR) is 159 cm³/mol. The topological polar surface area (TPSA) is 69.9 Å². The highest BCUT2D eigenvalue weighted by molar-refractivity contribution is 14.1. The Morgan fingerprint density at radius 2 is 1.54 bits per heavy atom. The van der Waals surface area contributed by atoms with Gasteiger partial charge in [0.1, 0.15) is 35.9 Å². The molecule has 0 amide bonds. The molecule has 1 unspecified atom stereocenters. The van der Waals surface area contributed by atoms with Crippen molar-refractivity contribution in [3.63, 3.8) is 0 Å². The van der Waals surface area contributed by atoms with Crippen molar-refractivity contribution in [2.75, 3.05) is 12.4 Å². The molecular weight excluding hydrogens is 625 g/mol. The first-order valence-corrected chi connectivity index (χ1v) is 15.3. The minimum atomic E-state index is -1.45. The van der Waals surface area contributed by atoms with Crippen molar-refractivity contribution in [1.29, 1.82) is 5.26 Å². The van der Waals surface area contributed by atoms with Crippen molar-refractivity contribution in [3.8, 4) is 6.07 Å². The molecule has 2 heterocycles. The Morgan fingerprint density at radius 1 is 0.923 bits per heavy atom.